The molecule has 0 saturated heterocycles. The van der Waals surface area contributed by atoms with E-state index in [2.05, 4.69) is 10.3 Å². The highest BCUT2D eigenvalue weighted by Crippen LogP contribution is 2.18. The number of carbonyl (C=O) groups excluding carboxylic acids is 2. The molecule has 0 aliphatic heterocycles. The summed E-state index contributed by atoms with van der Waals surface area (Å²) in [6.45, 7) is 3.80. The van der Waals surface area contributed by atoms with Gasteiger partial charge in [0.15, 0.2) is 6.61 Å². The Balaban J connectivity index is 1.52. The van der Waals surface area contributed by atoms with Crippen molar-refractivity contribution in [1.29, 1.82) is 0 Å². The Bertz CT molecular complexity index is 1270. The van der Waals surface area contributed by atoms with E-state index < -0.39 is 28.5 Å². The Hall–Kier alpha value is -3.56. The molecule has 0 saturated carbocycles. The first-order valence-corrected chi connectivity index (χ1v) is 11.9. The van der Waals surface area contributed by atoms with Gasteiger partial charge in [0.25, 0.3) is 5.91 Å². The molecule has 9 heteroatoms. The number of aromatic nitrogens is 1. The van der Waals surface area contributed by atoms with Crippen molar-refractivity contribution in [3.05, 3.63) is 72.4 Å². The number of benzene rings is 2. The summed E-state index contributed by atoms with van der Waals surface area (Å²) in [5, 5.41) is 3.56. The van der Waals surface area contributed by atoms with Crippen LogP contribution < -0.4 is 5.32 Å². The van der Waals surface area contributed by atoms with Gasteiger partial charge in [-0.25, -0.2) is 18.2 Å². The van der Waals surface area contributed by atoms with Crippen molar-refractivity contribution in [2.45, 2.75) is 18.7 Å². The first kappa shape index (κ1) is 24.1. The van der Waals surface area contributed by atoms with E-state index in [1.165, 1.54) is 40.7 Å². The van der Waals surface area contributed by atoms with Crippen LogP contribution in [0.3, 0.4) is 0 Å². The molecule has 0 bridgehead atoms. The van der Waals surface area contributed by atoms with Crippen molar-refractivity contribution in [3.8, 4) is 0 Å². The second kappa shape index (κ2) is 10.8. The predicted molar refractivity (Wildman–Crippen MR) is 127 cm³/mol. The topological polar surface area (TPSA) is 106 Å². The van der Waals surface area contributed by atoms with Gasteiger partial charge in [0.05, 0.1) is 16.1 Å². The molecule has 0 spiro atoms. The summed E-state index contributed by atoms with van der Waals surface area (Å²) < 4.78 is 31.3. The van der Waals surface area contributed by atoms with Gasteiger partial charge in [-0.3, -0.25) is 4.79 Å². The summed E-state index contributed by atoms with van der Waals surface area (Å²) in [6.07, 6.45) is 2.72. The molecule has 0 atom stereocenters. The maximum absolute atomic E-state index is 12.5. The smallest absolute Gasteiger partial charge is 0.331 e. The second-order valence-electron chi connectivity index (χ2n) is 7.03. The summed E-state index contributed by atoms with van der Waals surface area (Å²) in [5.41, 5.74) is 1.80. The third-order valence-electron chi connectivity index (χ3n) is 4.84. The third kappa shape index (κ3) is 6.24. The van der Waals surface area contributed by atoms with Crippen LogP contribution in [0.5, 0.6) is 0 Å². The average molecular weight is 468 g/mol. The highest BCUT2D eigenvalue weighted by molar-refractivity contribution is 7.89. The number of hydrogen-bond donors (Lipinski definition) is 1. The fourth-order valence-corrected chi connectivity index (χ4v) is 4.59. The molecule has 8 nitrogen and oxygen atoms in total. The molecule has 0 fully saturated rings. The van der Waals surface area contributed by atoms with E-state index in [1.54, 1.807) is 19.9 Å². The van der Waals surface area contributed by atoms with Gasteiger partial charge in [-0.15, -0.1) is 0 Å². The number of hydrogen-bond acceptors (Lipinski definition) is 6. The number of para-hydroxylation sites is 1. The minimum Gasteiger partial charge on any atom is -0.452 e. The van der Waals surface area contributed by atoms with Crippen LogP contribution in [0.4, 0.5) is 5.69 Å². The maximum atomic E-state index is 12.5. The standard InChI is InChI=1S/C24H25N3O5S/c1-3-27(4-2)33(30,31)21-14-11-20(12-15-21)26-23(28)17-32-24(29)16-13-19-10-9-18-7-5-6-8-22(18)25-19/h5-16H,3-4,17H2,1-2H3,(H,26,28)/b16-13+. The van der Waals surface area contributed by atoms with Crippen LogP contribution in [-0.2, 0) is 24.3 Å². The Labute approximate surface area is 192 Å². The molecular weight excluding hydrogens is 442 g/mol. The van der Waals surface area contributed by atoms with E-state index in [0.29, 0.717) is 24.5 Å². The molecule has 2 aromatic carbocycles. The van der Waals surface area contributed by atoms with E-state index in [-0.39, 0.29) is 4.90 Å². The number of nitrogens with one attached hydrogen (secondary N) is 1. The van der Waals surface area contributed by atoms with Crippen LogP contribution in [0.1, 0.15) is 19.5 Å². The zero-order valence-corrected chi connectivity index (χ0v) is 19.2. The van der Waals surface area contributed by atoms with Gasteiger partial charge in [0.1, 0.15) is 0 Å². The lowest BCUT2D eigenvalue weighted by Crippen LogP contribution is -2.30. The number of fused-ring (bicyclic) bond motifs is 1. The molecule has 0 aliphatic rings. The number of sulfonamides is 1. The first-order chi connectivity index (χ1) is 15.8. The molecule has 172 valence electrons. The highest BCUT2D eigenvalue weighted by Gasteiger charge is 2.21. The molecule has 0 unspecified atom stereocenters. The summed E-state index contributed by atoms with van der Waals surface area (Å²) in [6, 6.07) is 17.1. The van der Waals surface area contributed by atoms with Crippen LogP contribution in [0.2, 0.25) is 0 Å². The van der Waals surface area contributed by atoms with Crippen LogP contribution in [0.15, 0.2) is 71.6 Å². The van der Waals surface area contributed by atoms with Crippen LogP contribution in [0.25, 0.3) is 17.0 Å². The number of carbonyl (C=O) groups is 2. The van der Waals surface area contributed by atoms with E-state index in [0.717, 1.165) is 10.9 Å². The van der Waals surface area contributed by atoms with E-state index >= 15 is 0 Å². The van der Waals surface area contributed by atoms with Gasteiger partial charge >= 0.3 is 5.97 Å². The zero-order chi connectivity index (χ0) is 23.8. The number of nitrogens with zero attached hydrogens (tertiary/aromatic N) is 2. The fourth-order valence-electron chi connectivity index (χ4n) is 3.13. The van der Waals surface area contributed by atoms with E-state index in [4.69, 9.17) is 4.74 Å². The third-order valence-corrected chi connectivity index (χ3v) is 6.90. The Kier molecular flexibility index (Phi) is 7.92. The molecule has 33 heavy (non-hydrogen) atoms. The normalized spacial score (nSPS) is 11.7. The van der Waals surface area contributed by atoms with Crippen LogP contribution in [-0.4, -0.2) is 49.3 Å². The maximum Gasteiger partial charge on any atom is 0.331 e. The lowest BCUT2D eigenvalue weighted by atomic mass is 10.2. The lowest BCUT2D eigenvalue weighted by molar-refractivity contribution is -0.142. The summed E-state index contributed by atoms with van der Waals surface area (Å²) in [7, 11) is -3.57. The van der Waals surface area contributed by atoms with Crippen LogP contribution >= 0.6 is 0 Å². The highest BCUT2D eigenvalue weighted by atomic mass is 32.2. The number of rotatable bonds is 9. The number of pyridine rings is 1. The summed E-state index contributed by atoms with van der Waals surface area (Å²) in [5.74, 6) is -1.22. The van der Waals surface area contributed by atoms with E-state index in [9.17, 15) is 18.0 Å². The molecule has 3 aromatic rings. The molecule has 1 heterocycles. The number of esters is 1. The molecule has 3 rings (SSSR count). The molecular formula is C24H25N3O5S. The van der Waals surface area contributed by atoms with Crippen molar-refractivity contribution in [2.75, 3.05) is 25.0 Å². The monoisotopic (exact) mass is 467 g/mol. The molecule has 1 aromatic heterocycles. The molecule has 0 radical (unpaired) electrons. The van der Waals surface area contributed by atoms with Crippen molar-refractivity contribution in [1.82, 2.24) is 9.29 Å². The van der Waals surface area contributed by atoms with Gasteiger partial charge in [-0.1, -0.05) is 38.1 Å². The van der Waals surface area contributed by atoms with Crippen molar-refractivity contribution >= 4 is 44.6 Å². The zero-order valence-electron chi connectivity index (χ0n) is 18.4. The minimum absolute atomic E-state index is 0.142. The number of amides is 1. The Morgan fingerprint density at radius 3 is 2.39 bits per heavy atom. The Morgan fingerprint density at radius 1 is 1.00 bits per heavy atom. The molecule has 1 N–H and O–H groups in total. The Morgan fingerprint density at radius 2 is 1.70 bits per heavy atom. The van der Waals surface area contributed by atoms with E-state index in [1.807, 2.05) is 30.3 Å². The lowest BCUT2D eigenvalue weighted by Gasteiger charge is -2.18. The number of ether oxygens (including phenoxy) is 1. The largest absolute Gasteiger partial charge is 0.452 e. The van der Waals surface area contributed by atoms with Crippen LogP contribution in [0, 0.1) is 0 Å². The average Bonchev–Trinajstić information content (AvgIpc) is 2.82. The molecule has 0 aliphatic carbocycles. The quantitative estimate of drug-likeness (QED) is 0.382. The van der Waals surface area contributed by atoms with Gasteiger partial charge in [-0.2, -0.15) is 4.31 Å². The van der Waals surface area contributed by atoms with Crippen molar-refractivity contribution < 1.29 is 22.7 Å². The first-order valence-electron chi connectivity index (χ1n) is 10.4. The fraction of sp³-hybridized carbons (Fsp3) is 0.208. The summed E-state index contributed by atoms with van der Waals surface area (Å²) in [4.78, 5) is 28.6. The number of anilines is 1. The second-order valence-corrected chi connectivity index (χ2v) is 8.97. The SMILES string of the molecule is CCN(CC)S(=O)(=O)c1ccc(NC(=O)COC(=O)/C=C/c2ccc3ccccc3n2)cc1. The van der Waals surface area contributed by atoms with Crippen molar-refractivity contribution in [3.63, 3.8) is 0 Å². The van der Waals surface area contributed by atoms with Gasteiger partial charge in [0.2, 0.25) is 10.0 Å². The van der Waals surface area contributed by atoms with Gasteiger partial charge in [-0.05, 0) is 42.5 Å². The van der Waals surface area contributed by atoms with Gasteiger partial charge < -0.3 is 10.1 Å². The van der Waals surface area contributed by atoms with Gasteiger partial charge in [0, 0.05) is 30.2 Å². The molecule has 1 amide bonds. The minimum atomic E-state index is -3.57. The summed E-state index contributed by atoms with van der Waals surface area (Å²) >= 11 is 0. The predicted octanol–water partition coefficient (Wildman–Crippen LogP) is 3.46. The van der Waals surface area contributed by atoms with Crippen molar-refractivity contribution in [2.24, 2.45) is 0 Å².